The Kier molecular flexibility index (Phi) is 3.40. The van der Waals surface area contributed by atoms with Crippen LogP contribution in [-0.4, -0.2) is 25.2 Å². The molecule has 1 aromatic rings. The van der Waals surface area contributed by atoms with E-state index >= 15 is 0 Å². The van der Waals surface area contributed by atoms with E-state index < -0.39 is 11.7 Å². The van der Waals surface area contributed by atoms with Crippen LogP contribution in [0.1, 0.15) is 31.2 Å². The Morgan fingerprint density at radius 1 is 1.05 bits per heavy atom. The fraction of sp³-hybridized carbons (Fsp3) is 0.600. The van der Waals surface area contributed by atoms with E-state index in [0.717, 1.165) is 31.4 Å². The van der Waals surface area contributed by atoms with Gasteiger partial charge in [-0.25, -0.2) is 0 Å². The average molecular weight is 284 g/mol. The second-order valence-corrected chi connectivity index (χ2v) is 5.79. The Labute approximate surface area is 117 Å². The lowest BCUT2D eigenvalue weighted by Crippen LogP contribution is -2.48. The molecular formula is C15H19F3N2. The first-order chi connectivity index (χ1) is 9.49. The normalized spacial score (nSPS) is 29.8. The summed E-state index contributed by atoms with van der Waals surface area (Å²) < 4.78 is 37.8. The van der Waals surface area contributed by atoms with Gasteiger partial charge in [-0.2, -0.15) is 13.2 Å². The van der Waals surface area contributed by atoms with Gasteiger partial charge in [0.05, 0.1) is 5.56 Å². The number of fused-ring (bicyclic) bond motifs is 2. The van der Waals surface area contributed by atoms with Crippen molar-refractivity contribution in [2.45, 2.75) is 50.0 Å². The van der Waals surface area contributed by atoms with Gasteiger partial charge in [0.15, 0.2) is 0 Å². The van der Waals surface area contributed by atoms with E-state index in [1.807, 2.05) is 7.05 Å². The predicted molar refractivity (Wildman–Crippen MR) is 72.8 cm³/mol. The molecule has 1 N–H and O–H groups in total. The van der Waals surface area contributed by atoms with Crippen molar-refractivity contribution in [3.05, 3.63) is 29.8 Å². The summed E-state index contributed by atoms with van der Waals surface area (Å²) in [5, 5.41) is 3.33. The highest BCUT2D eigenvalue weighted by Gasteiger charge is 2.40. The largest absolute Gasteiger partial charge is 0.416 e. The first-order valence-corrected chi connectivity index (χ1v) is 7.12. The minimum absolute atomic E-state index is 0.461. The molecule has 3 rings (SSSR count). The first-order valence-electron chi connectivity index (χ1n) is 7.12. The summed E-state index contributed by atoms with van der Waals surface area (Å²) in [6.45, 7) is 0. The summed E-state index contributed by atoms with van der Waals surface area (Å²) in [6, 6.07) is 7.09. The average Bonchev–Trinajstić information content (AvgIpc) is 2.68. The van der Waals surface area contributed by atoms with Crippen molar-refractivity contribution in [2.75, 3.05) is 11.9 Å². The summed E-state index contributed by atoms with van der Waals surface area (Å²) in [6.07, 6.45) is 0.187. The fourth-order valence-corrected chi connectivity index (χ4v) is 3.66. The van der Waals surface area contributed by atoms with Crippen LogP contribution in [0.2, 0.25) is 0 Å². The van der Waals surface area contributed by atoms with Crippen LogP contribution in [-0.2, 0) is 6.18 Å². The van der Waals surface area contributed by atoms with E-state index in [1.165, 1.54) is 12.1 Å². The van der Waals surface area contributed by atoms with Crippen LogP contribution in [0.3, 0.4) is 0 Å². The maximum Gasteiger partial charge on any atom is 0.416 e. The third-order valence-corrected chi connectivity index (χ3v) is 4.63. The van der Waals surface area contributed by atoms with Crippen LogP contribution in [0.25, 0.3) is 0 Å². The summed E-state index contributed by atoms with van der Waals surface area (Å²) in [5.41, 5.74) is 0.360. The second kappa shape index (κ2) is 4.95. The lowest BCUT2D eigenvalue weighted by molar-refractivity contribution is -0.137. The summed E-state index contributed by atoms with van der Waals surface area (Å²) in [5.74, 6) is 0. The maximum absolute atomic E-state index is 12.6. The Balaban J connectivity index is 1.80. The second-order valence-electron chi connectivity index (χ2n) is 5.79. The van der Waals surface area contributed by atoms with Crippen molar-refractivity contribution in [3.63, 3.8) is 0 Å². The summed E-state index contributed by atoms with van der Waals surface area (Å²) in [4.78, 5) is 2.33. The molecule has 20 heavy (non-hydrogen) atoms. The Bertz CT molecular complexity index is 455. The molecule has 0 aromatic heterocycles. The fourth-order valence-electron chi connectivity index (χ4n) is 3.66. The van der Waals surface area contributed by atoms with Gasteiger partial charge < -0.3 is 10.2 Å². The number of rotatable bonds is 2. The molecule has 0 saturated carbocycles. The lowest BCUT2D eigenvalue weighted by atomic mass is 9.96. The van der Waals surface area contributed by atoms with Gasteiger partial charge in [0.25, 0.3) is 0 Å². The van der Waals surface area contributed by atoms with E-state index in [4.69, 9.17) is 0 Å². The molecule has 2 aliphatic heterocycles. The minimum Gasteiger partial charge on any atom is -0.365 e. The Hall–Kier alpha value is -1.23. The molecular weight excluding hydrogens is 265 g/mol. The molecule has 2 nitrogen and oxygen atoms in total. The van der Waals surface area contributed by atoms with Crippen molar-refractivity contribution < 1.29 is 13.2 Å². The smallest absolute Gasteiger partial charge is 0.365 e. The van der Waals surface area contributed by atoms with Crippen molar-refractivity contribution in [2.24, 2.45) is 0 Å². The van der Waals surface area contributed by atoms with Gasteiger partial charge in [-0.15, -0.1) is 0 Å². The number of piperidine rings is 1. The molecule has 0 spiro atoms. The van der Waals surface area contributed by atoms with Crippen molar-refractivity contribution >= 4 is 5.69 Å². The van der Waals surface area contributed by atoms with Gasteiger partial charge in [0, 0.05) is 23.8 Å². The number of alkyl halides is 3. The van der Waals surface area contributed by atoms with Crippen LogP contribution >= 0.6 is 0 Å². The monoisotopic (exact) mass is 284 g/mol. The molecule has 2 unspecified atom stereocenters. The molecule has 2 bridgehead atoms. The molecule has 0 amide bonds. The predicted octanol–water partition coefficient (Wildman–Crippen LogP) is 3.42. The van der Waals surface area contributed by atoms with E-state index in [0.29, 0.717) is 18.1 Å². The molecule has 2 fully saturated rings. The van der Waals surface area contributed by atoms with Gasteiger partial charge in [0.1, 0.15) is 0 Å². The molecule has 2 atom stereocenters. The SMILES string of the molecule is CNC1CC2CCC(C1)N2c1ccc(C(F)(F)F)cc1. The minimum atomic E-state index is -4.25. The zero-order chi connectivity index (χ0) is 14.3. The highest BCUT2D eigenvalue weighted by atomic mass is 19.4. The van der Waals surface area contributed by atoms with Crippen LogP contribution in [0, 0.1) is 0 Å². The number of hydrogen-bond acceptors (Lipinski definition) is 2. The van der Waals surface area contributed by atoms with Gasteiger partial charge in [-0.3, -0.25) is 0 Å². The van der Waals surface area contributed by atoms with E-state index in [1.54, 1.807) is 12.1 Å². The van der Waals surface area contributed by atoms with Crippen LogP contribution in [0.4, 0.5) is 18.9 Å². The topological polar surface area (TPSA) is 15.3 Å². The zero-order valence-electron chi connectivity index (χ0n) is 11.5. The number of halogens is 3. The number of nitrogens with zero attached hydrogens (tertiary/aromatic N) is 1. The Morgan fingerprint density at radius 3 is 2.05 bits per heavy atom. The van der Waals surface area contributed by atoms with Crippen LogP contribution in [0.5, 0.6) is 0 Å². The van der Waals surface area contributed by atoms with Crippen molar-refractivity contribution in [1.82, 2.24) is 5.32 Å². The molecule has 110 valence electrons. The maximum atomic E-state index is 12.6. The molecule has 2 heterocycles. The summed E-state index contributed by atoms with van der Waals surface area (Å²) in [7, 11) is 1.98. The first kappa shape index (κ1) is 13.7. The van der Waals surface area contributed by atoms with Crippen LogP contribution in [0.15, 0.2) is 24.3 Å². The van der Waals surface area contributed by atoms with Crippen molar-refractivity contribution in [1.29, 1.82) is 0 Å². The zero-order valence-corrected chi connectivity index (χ0v) is 11.5. The number of benzene rings is 1. The Morgan fingerprint density at radius 2 is 1.60 bits per heavy atom. The van der Waals surface area contributed by atoms with Crippen molar-refractivity contribution in [3.8, 4) is 0 Å². The van der Waals surface area contributed by atoms with E-state index in [9.17, 15) is 13.2 Å². The highest BCUT2D eigenvalue weighted by Crippen LogP contribution is 2.40. The molecule has 5 heteroatoms. The molecule has 0 radical (unpaired) electrons. The number of anilines is 1. The van der Waals surface area contributed by atoms with Gasteiger partial charge in [-0.1, -0.05) is 0 Å². The van der Waals surface area contributed by atoms with Gasteiger partial charge >= 0.3 is 6.18 Å². The molecule has 0 aliphatic carbocycles. The lowest BCUT2D eigenvalue weighted by Gasteiger charge is -2.40. The molecule has 2 aliphatic rings. The number of hydrogen-bond donors (Lipinski definition) is 1. The quantitative estimate of drug-likeness (QED) is 0.895. The van der Waals surface area contributed by atoms with Gasteiger partial charge in [0.2, 0.25) is 0 Å². The number of nitrogens with one attached hydrogen (secondary N) is 1. The standard InChI is InChI=1S/C15H19F3N2/c1-19-11-8-13-6-7-14(9-11)20(13)12-4-2-10(3-5-12)15(16,17)18/h2-5,11,13-14,19H,6-9H2,1H3. The third kappa shape index (κ3) is 2.39. The molecule has 2 saturated heterocycles. The van der Waals surface area contributed by atoms with Crippen LogP contribution < -0.4 is 10.2 Å². The van der Waals surface area contributed by atoms with E-state index in [2.05, 4.69) is 10.2 Å². The molecule has 1 aromatic carbocycles. The van der Waals surface area contributed by atoms with Gasteiger partial charge in [-0.05, 0) is 57.0 Å². The highest BCUT2D eigenvalue weighted by molar-refractivity contribution is 5.52. The van der Waals surface area contributed by atoms with E-state index in [-0.39, 0.29) is 0 Å². The summed E-state index contributed by atoms with van der Waals surface area (Å²) >= 11 is 0. The third-order valence-electron chi connectivity index (χ3n) is 4.63.